The minimum Gasteiger partial charge on any atom is -0.324 e. The molecule has 4 rings (SSSR count). The summed E-state index contributed by atoms with van der Waals surface area (Å²) in [7, 11) is 0. The maximum atomic E-state index is 12.4. The molecule has 2 N–H and O–H groups in total. The molecule has 0 saturated heterocycles. The van der Waals surface area contributed by atoms with Crippen LogP contribution >= 0.6 is 0 Å². The predicted octanol–water partition coefficient (Wildman–Crippen LogP) is 3.04. The highest BCUT2D eigenvalue weighted by molar-refractivity contribution is 5.90. The molecular formula is C21H19N5O2. The van der Waals surface area contributed by atoms with Gasteiger partial charge in [0.2, 0.25) is 11.9 Å². The summed E-state index contributed by atoms with van der Waals surface area (Å²) >= 11 is 0. The van der Waals surface area contributed by atoms with Crippen LogP contribution in [0, 0.1) is 13.8 Å². The number of hydrogen-bond donors (Lipinski definition) is 2. The number of carbonyl (C=O) groups is 1. The third-order valence-electron chi connectivity index (χ3n) is 4.48. The maximum Gasteiger partial charge on any atom is 0.267 e. The van der Waals surface area contributed by atoms with Gasteiger partial charge in [0.05, 0.1) is 16.7 Å². The second-order valence-electron chi connectivity index (χ2n) is 6.68. The quantitative estimate of drug-likeness (QED) is 0.575. The maximum absolute atomic E-state index is 12.4. The zero-order valence-corrected chi connectivity index (χ0v) is 15.6. The largest absolute Gasteiger partial charge is 0.324 e. The Morgan fingerprint density at radius 2 is 1.93 bits per heavy atom. The summed E-state index contributed by atoms with van der Waals surface area (Å²) < 4.78 is 1.16. The van der Waals surface area contributed by atoms with E-state index < -0.39 is 0 Å². The molecule has 2 aromatic heterocycles. The number of para-hydroxylation sites is 2. The first-order chi connectivity index (χ1) is 13.5. The van der Waals surface area contributed by atoms with Crippen molar-refractivity contribution in [2.45, 2.75) is 20.4 Å². The second kappa shape index (κ2) is 7.11. The Labute approximate surface area is 161 Å². The number of carbonyl (C=O) groups excluding carboxylic acids is 1. The van der Waals surface area contributed by atoms with E-state index in [-0.39, 0.29) is 18.0 Å². The third-order valence-corrected chi connectivity index (χ3v) is 4.48. The molecule has 2 heterocycles. The van der Waals surface area contributed by atoms with Crippen LogP contribution in [0.4, 0.5) is 5.95 Å². The van der Waals surface area contributed by atoms with Crippen molar-refractivity contribution in [2.24, 2.45) is 0 Å². The SMILES string of the molecule is Cc1ccc(C)c(-c2ccc(=O)n(CC(=O)Nc3nc4ccccc4[nH]3)n2)c1. The van der Waals surface area contributed by atoms with Crippen molar-refractivity contribution in [3.63, 3.8) is 0 Å². The lowest BCUT2D eigenvalue weighted by molar-refractivity contribution is -0.117. The van der Waals surface area contributed by atoms with Gasteiger partial charge in [-0.05, 0) is 43.7 Å². The lowest BCUT2D eigenvalue weighted by Crippen LogP contribution is -2.29. The number of nitrogens with one attached hydrogen (secondary N) is 2. The average molecular weight is 373 g/mol. The predicted molar refractivity (Wildman–Crippen MR) is 108 cm³/mol. The van der Waals surface area contributed by atoms with Gasteiger partial charge in [0, 0.05) is 11.6 Å². The molecule has 0 atom stereocenters. The zero-order chi connectivity index (χ0) is 19.7. The number of nitrogens with zero attached hydrogens (tertiary/aromatic N) is 3. The van der Waals surface area contributed by atoms with E-state index in [1.807, 2.05) is 56.3 Å². The number of aromatic amines is 1. The van der Waals surface area contributed by atoms with Gasteiger partial charge in [-0.1, -0.05) is 29.8 Å². The van der Waals surface area contributed by atoms with Crippen molar-refractivity contribution >= 4 is 22.9 Å². The third kappa shape index (κ3) is 3.55. The molecule has 0 unspecified atom stereocenters. The molecule has 4 aromatic rings. The lowest BCUT2D eigenvalue weighted by atomic mass is 10.0. The number of amides is 1. The average Bonchev–Trinajstić information content (AvgIpc) is 3.07. The van der Waals surface area contributed by atoms with Gasteiger partial charge < -0.3 is 4.98 Å². The van der Waals surface area contributed by atoms with Crippen LogP contribution < -0.4 is 10.9 Å². The van der Waals surface area contributed by atoms with Crippen LogP contribution in [0.25, 0.3) is 22.3 Å². The number of rotatable bonds is 4. The highest BCUT2D eigenvalue weighted by atomic mass is 16.2. The van der Waals surface area contributed by atoms with E-state index in [1.54, 1.807) is 6.07 Å². The smallest absolute Gasteiger partial charge is 0.267 e. The van der Waals surface area contributed by atoms with Gasteiger partial charge in [-0.2, -0.15) is 5.10 Å². The summed E-state index contributed by atoms with van der Waals surface area (Å²) in [5.74, 6) is -0.0447. The van der Waals surface area contributed by atoms with Gasteiger partial charge in [0.15, 0.2) is 0 Å². The molecular weight excluding hydrogens is 354 g/mol. The summed E-state index contributed by atoms with van der Waals surface area (Å²) in [5, 5.41) is 7.06. The fourth-order valence-corrected chi connectivity index (χ4v) is 3.04. The van der Waals surface area contributed by atoms with E-state index in [4.69, 9.17) is 0 Å². The number of anilines is 1. The molecule has 0 saturated carbocycles. The van der Waals surface area contributed by atoms with Crippen molar-refractivity contribution in [3.05, 3.63) is 76.1 Å². The first kappa shape index (κ1) is 17.7. The van der Waals surface area contributed by atoms with Crippen molar-refractivity contribution in [2.75, 3.05) is 5.32 Å². The van der Waals surface area contributed by atoms with Crippen molar-refractivity contribution < 1.29 is 4.79 Å². The zero-order valence-electron chi connectivity index (χ0n) is 15.6. The van der Waals surface area contributed by atoms with Crippen molar-refractivity contribution in [1.82, 2.24) is 19.7 Å². The Bertz CT molecular complexity index is 1210. The molecule has 7 nitrogen and oxygen atoms in total. The Morgan fingerprint density at radius 1 is 1.11 bits per heavy atom. The minimum atomic E-state index is -0.383. The van der Waals surface area contributed by atoms with Crippen LogP contribution in [0.2, 0.25) is 0 Å². The van der Waals surface area contributed by atoms with Crippen LogP contribution in [0.15, 0.2) is 59.4 Å². The number of imidazole rings is 1. The molecule has 7 heteroatoms. The van der Waals surface area contributed by atoms with E-state index in [1.165, 1.54) is 6.07 Å². The van der Waals surface area contributed by atoms with Crippen LogP contribution in [0.5, 0.6) is 0 Å². The number of hydrogen-bond acceptors (Lipinski definition) is 4. The molecule has 0 spiro atoms. The molecule has 0 aliphatic rings. The molecule has 0 bridgehead atoms. The first-order valence-corrected chi connectivity index (χ1v) is 8.90. The van der Waals surface area contributed by atoms with E-state index in [9.17, 15) is 9.59 Å². The number of fused-ring (bicyclic) bond motifs is 1. The number of benzene rings is 2. The van der Waals surface area contributed by atoms with Crippen LogP contribution in [0.3, 0.4) is 0 Å². The van der Waals surface area contributed by atoms with Gasteiger partial charge in [-0.15, -0.1) is 0 Å². The van der Waals surface area contributed by atoms with Crippen LogP contribution in [0.1, 0.15) is 11.1 Å². The van der Waals surface area contributed by atoms with Crippen molar-refractivity contribution in [3.8, 4) is 11.3 Å². The van der Waals surface area contributed by atoms with Gasteiger partial charge in [-0.3, -0.25) is 14.9 Å². The van der Waals surface area contributed by atoms with Crippen LogP contribution in [-0.2, 0) is 11.3 Å². The molecule has 1 amide bonds. The van der Waals surface area contributed by atoms with Crippen LogP contribution in [-0.4, -0.2) is 25.7 Å². The normalized spacial score (nSPS) is 10.9. The minimum absolute atomic E-state index is 0.200. The topological polar surface area (TPSA) is 92.7 Å². The van der Waals surface area contributed by atoms with E-state index in [0.29, 0.717) is 11.6 Å². The monoisotopic (exact) mass is 373 g/mol. The lowest BCUT2D eigenvalue weighted by Gasteiger charge is -2.09. The summed E-state index contributed by atoms with van der Waals surface area (Å²) in [4.78, 5) is 31.9. The molecule has 28 heavy (non-hydrogen) atoms. The summed E-state index contributed by atoms with van der Waals surface area (Å²) in [6, 6.07) is 16.6. The number of aryl methyl sites for hydroxylation is 2. The molecule has 140 valence electrons. The first-order valence-electron chi connectivity index (χ1n) is 8.90. The Balaban J connectivity index is 1.58. The molecule has 0 aliphatic heterocycles. The van der Waals surface area contributed by atoms with E-state index in [2.05, 4.69) is 20.4 Å². The van der Waals surface area contributed by atoms with E-state index in [0.717, 1.165) is 32.4 Å². The van der Waals surface area contributed by atoms with Crippen molar-refractivity contribution in [1.29, 1.82) is 0 Å². The molecule has 2 aromatic carbocycles. The Hall–Kier alpha value is -3.74. The standard InChI is InChI=1S/C21H19N5O2/c1-13-7-8-14(2)15(11-13)16-9-10-20(28)26(25-16)12-19(27)24-21-22-17-5-3-4-6-18(17)23-21/h3-11H,12H2,1-2H3,(H2,22,23,24,27). The van der Waals surface area contributed by atoms with Gasteiger partial charge >= 0.3 is 0 Å². The summed E-state index contributed by atoms with van der Waals surface area (Å²) in [6.45, 7) is 3.79. The molecule has 0 aliphatic carbocycles. The Kier molecular flexibility index (Phi) is 4.49. The van der Waals surface area contributed by atoms with Gasteiger partial charge in [0.25, 0.3) is 5.56 Å². The van der Waals surface area contributed by atoms with E-state index >= 15 is 0 Å². The highest BCUT2D eigenvalue weighted by Crippen LogP contribution is 2.21. The van der Waals surface area contributed by atoms with Gasteiger partial charge in [0.1, 0.15) is 6.54 Å². The fourth-order valence-electron chi connectivity index (χ4n) is 3.04. The molecule has 0 fully saturated rings. The molecule has 0 radical (unpaired) electrons. The fraction of sp³-hybridized carbons (Fsp3) is 0.143. The van der Waals surface area contributed by atoms with Gasteiger partial charge in [-0.25, -0.2) is 9.67 Å². The summed E-state index contributed by atoms with van der Waals surface area (Å²) in [6.07, 6.45) is 0. The summed E-state index contributed by atoms with van der Waals surface area (Å²) in [5.41, 5.74) is 4.98. The number of aromatic nitrogens is 4. The second-order valence-corrected chi connectivity index (χ2v) is 6.68. The Morgan fingerprint density at radius 3 is 2.75 bits per heavy atom. The number of H-pyrrole nitrogens is 1. The highest BCUT2D eigenvalue weighted by Gasteiger charge is 2.11.